The third-order valence-electron chi connectivity index (χ3n) is 6.00. The fourth-order valence-corrected chi connectivity index (χ4v) is 4.43. The van der Waals surface area contributed by atoms with Crippen LogP contribution >= 0.6 is 24.8 Å². The summed E-state index contributed by atoms with van der Waals surface area (Å²) < 4.78 is 46.1. The highest BCUT2D eigenvalue weighted by Crippen LogP contribution is 2.38. The highest BCUT2D eigenvalue weighted by Gasteiger charge is 2.33. The normalized spacial score (nSPS) is 17.9. The number of nitrogens with one attached hydrogen (secondary N) is 2. The van der Waals surface area contributed by atoms with Gasteiger partial charge in [-0.1, -0.05) is 54.6 Å². The van der Waals surface area contributed by atoms with Crippen LogP contribution in [-0.2, 0) is 12.7 Å². The Labute approximate surface area is 210 Å². The van der Waals surface area contributed by atoms with E-state index in [4.69, 9.17) is 4.74 Å². The predicted molar refractivity (Wildman–Crippen MR) is 135 cm³/mol. The van der Waals surface area contributed by atoms with E-state index in [2.05, 4.69) is 22.8 Å². The first-order valence-electron chi connectivity index (χ1n) is 10.8. The number of ether oxygens (including phenoxy) is 1. The largest absolute Gasteiger partial charge is 0.496 e. The van der Waals surface area contributed by atoms with Crippen molar-refractivity contribution in [3.05, 3.63) is 89.5 Å². The Balaban J connectivity index is 0.00000204. The van der Waals surface area contributed by atoms with E-state index in [0.29, 0.717) is 17.9 Å². The van der Waals surface area contributed by atoms with Gasteiger partial charge in [-0.2, -0.15) is 13.2 Å². The van der Waals surface area contributed by atoms with Crippen molar-refractivity contribution in [2.24, 2.45) is 0 Å². The van der Waals surface area contributed by atoms with Crippen LogP contribution in [0, 0.1) is 0 Å². The molecule has 1 aliphatic heterocycles. The molecule has 0 bridgehead atoms. The zero-order chi connectivity index (χ0) is 22.6. The topological polar surface area (TPSA) is 33.3 Å². The van der Waals surface area contributed by atoms with E-state index < -0.39 is 11.7 Å². The van der Waals surface area contributed by atoms with Crippen LogP contribution in [0.2, 0.25) is 0 Å². The van der Waals surface area contributed by atoms with Crippen LogP contribution in [-0.4, -0.2) is 19.7 Å². The van der Waals surface area contributed by atoms with Gasteiger partial charge < -0.3 is 15.4 Å². The second-order valence-corrected chi connectivity index (χ2v) is 8.04. The van der Waals surface area contributed by atoms with Crippen LogP contribution in [0.25, 0.3) is 11.1 Å². The lowest BCUT2D eigenvalue weighted by atomic mass is 9.92. The fourth-order valence-electron chi connectivity index (χ4n) is 4.43. The van der Waals surface area contributed by atoms with Crippen molar-refractivity contribution < 1.29 is 17.9 Å². The minimum Gasteiger partial charge on any atom is -0.496 e. The number of hydrogen-bond acceptors (Lipinski definition) is 3. The molecule has 8 heteroatoms. The molecule has 2 atom stereocenters. The first kappa shape index (κ1) is 28.0. The molecule has 1 heterocycles. The highest BCUT2D eigenvalue weighted by molar-refractivity contribution is 5.85. The Bertz CT molecular complexity index is 1050. The SMILES string of the molecule is COc1ccc(-c2ccccc2C(F)(F)F)cc1CNC1CCCNC1c1ccccc1.Cl.Cl. The van der Waals surface area contributed by atoms with Crippen molar-refractivity contribution in [3.8, 4) is 16.9 Å². The van der Waals surface area contributed by atoms with Crippen LogP contribution in [0.15, 0.2) is 72.8 Å². The smallest absolute Gasteiger partial charge is 0.417 e. The summed E-state index contributed by atoms with van der Waals surface area (Å²) in [6, 6.07) is 21.6. The number of piperidine rings is 1. The molecular weight excluding hydrogens is 484 g/mol. The van der Waals surface area contributed by atoms with Gasteiger partial charge >= 0.3 is 6.18 Å². The molecular formula is C26H29Cl2F3N2O. The number of halogens is 5. The van der Waals surface area contributed by atoms with Gasteiger partial charge in [-0.3, -0.25) is 0 Å². The van der Waals surface area contributed by atoms with Crippen molar-refractivity contribution >= 4 is 24.8 Å². The fraction of sp³-hybridized carbons (Fsp3) is 0.308. The lowest BCUT2D eigenvalue weighted by Gasteiger charge is -2.34. The maximum absolute atomic E-state index is 13.5. The van der Waals surface area contributed by atoms with E-state index in [1.165, 1.54) is 17.7 Å². The van der Waals surface area contributed by atoms with Crippen molar-refractivity contribution in [2.45, 2.75) is 37.6 Å². The summed E-state index contributed by atoms with van der Waals surface area (Å²) in [5, 5.41) is 7.21. The molecule has 0 amide bonds. The van der Waals surface area contributed by atoms with Crippen LogP contribution < -0.4 is 15.4 Å². The monoisotopic (exact) mass is 512 g/mol. The molecule has 4 rings (SSSR count). The molecule has 2 unspecified atom stereocenters. The lowest BCUT2D eigenvalue weighted by molar-refractivity contribution is -0.137. The molecule has 0 aromatic heterocycles. The molecule has 3 aromatic rings. The first-order valence-corrected chi connectivity index (χ1v) is 10.8. The Morgan fingerprint density at radius 2 is 1.68 bits per heavy atom. The summed E-state index contributed by atoms with van der Waals surface area (Å²) >= 11 is 0. The zero-order valence-electron chi connectivity index (χ0n) is 18.8. The average molecular weight is 513 g/mol. The summed E-state index contributed by atoms with van der Waals surface area (Å²) in [5.74, 6) is 0.658. The Kier molecular flexibility index (Phi) is 10.3. The average Bonchev–Trinajstić information content (AvgIpc) is 2.83. The van der Waals surface area contributed by atoms with Gasteiger partial charge in [0.1, 0.15) is 5.75 Å². The number of rotatable bonds is 6. The Hall–Kier alpha value is -2.25. The van der Waals surface area contributed by atoms with Gasteiger partial charge in [0.2, 0.25) is 0 Å². The van der Waals surface area contributed by atoms with Gasteiger partial charge in [0.25, 0.3) is 0 Å². The van der Waals surface area contributed by atoms with E-state index in [1.807, 2.05) is 18.2 Å². The van der Waals surface area contributed by atoms with Gasteiger partial charge in [0.15, 0.2) is 0 Å². The third-order valence-corrected chi connectivity index (χ3v) is 6.00. The lowest BCUT2D eigenvalue weighted by Crippen LogP contribution is -2.45. The Morgan fingerprint density at radius 3 is 2.38 bits per heavy atom. The number of benzene rings is 3. The van der Waals surface area contributed by atoms with E-state index >= 15 is 0 Å². The van der Waals surface area contributed by atoms with Crippen molar-refractivity contribution in [1.29, 1.82) is 0 Å². The maximum atomic E-state index is 13.5. The number of alkyl halides is 3. The minimum atomic E-state index is -4.41. The first-order chi connectivity index (χ1) is 15.5. The highest BCUT2D eigenvalue weighted by atomic mass is 35.5. The molecule has 0 aliphatic carbocycles. The molecule has 1 fully saturated rings. The van der Waals surface area contributed by atoms with Crippen LogP contribution in [0.5, 0.6) is 5.75 Å². The van der Waals surface area contributed by atoms with Crippen LogP contribution in [0.3, 0.4) is 0 Å². The molecule has 1 aliphatic rings. The van der Waals surface area contributed by atoms with E-state index in [9.17, 15) is 13.2 Å². The molecule has 184 valence electrons. The molecule has 3 aromatic carbocycles. The summed E-state index contributed by atoms with van der Waals surface area (Å²) in [5.41, 5.74) is 2.12. The predicted octanol–water partition coefficient (Wildman–Crippen LogP) is 6.81. The van der Waals surface area contributed by atoms with Crippen molar-refractivity contribution in [2.75, 3.05) is 13.7 Å². The van der Waals surface area contributed by atoms with Gasteiger partial charge in [-0.25, -0.2) is 0 Å². The molecule has 0 spiro atoms. The molecule has 2 N–H and O–H groups in total. The van der Waals surface area contributed by atoms with Gasteiger partial charge in [-0.15, -0.1) is 24.8 Å². The number of hydrogen-bond donors (Lipinski definition) is 2. The van der Waals surface area contributed by atoms with E-state index in [-0.39, 0.29) is 42.5 Å². The van der Waals surface area contributed by atoms with Crippen LogP contribution in [0.1, 0.15) is 35.6 Å². The molecule has 1 saturated heterocycles. The standard InChI is InChI=1S/C26H27F3N2O.2ClH/c1-32-24-14-13-19(21-10-5-6-11-22(21)26(27,28)29)16-20(24)17-31-23-12-7-15-30-25(23)18-8-3-2-4-9-18;;/h2-6,8-11,13-14,16,23,25,30-31H,7,12,15,17H2,1H3;2*1H. The van der Waals surface area contributed by atoms with Gasteiger partial charge in [0.05, 0.1) is 12.7 Å². The summed E-state index contributed by atoms with van der Waals surface area (Å²) in [6.07, 6.45) is -2.33. The second kappa shape index (κ2) is 12.5. The van der Waals surface area contributed by atoms with Crippen molar-refractivity contribution in [1.82, 2.24) is 10.6 Å². The summed E-state index contributed by atoms with van der Waals surface area (Å²) in [7, 11) is 1.58. The molecule has 0 saturated carbocycles. The zero-order valence-corrected chi connectivity index (χ0v) is 20.4. The quantitative estimate of drug-likeness (QED) is 0.380. The molecule has 0 radical (unpaired) electrons. The van der Waals surface area contributed by atoms with Gasteiger partial charge in [-0.05, 0) is 54.3 Å². The number of methoxy groups -OCH3 is 1. The molecule has 3 nitrogen and oxygen atoms in total. The van der Waals surface area contributed by atoms with Crippen molar-refractivity contribution in [3.63, 3.8) is 0 Å². The summed E-state index contributed by atoms with van der Waals surface area (Å²) in [4.78, 5) is 0. The summed E-state index contributed by atoms with van der Waals surface area (Å²) in [6.45, 7) is 1.46. The van der Waals surface area contributed by atoms with E-state index in [0.717, 1.165) is 31.0 Å². The van der Waals surface area contributed by atoms with Crippen LogP contribution in [0.4, 0.5) is 13.2 Å². The minimum absolute atomic E-state index is 0. The van der Waals surface area contributed by atoms with Gasteiger partial charge in [0, 0.05) is 24.2 Å². The third kappa shape index (κ3) is 6.45. The van der Waals surface area contributed by atoms with E-state index in [1.54, 1.807) is 31.4 Å². The maximum Gasteiger partial charge on any atom is 0.417 e. The second-order valence-electron chi connectivity index (χ2n) is 8.04. The molecule has 34 heavy (non-hydrogen) atoms. The Morgan fingerprint density at radius 1 is 0.971 bits per heavy atom.